The van der Waals surface area contributed by atoms with Crippen molar-refractivity contribution >= 4 is 23.2 Å². The summed E-state index contributed by atoms with van der Waals surface area (Å²) in [5.74, 6) is -0.530. The first-order valence-electron chi connectivity index (χ1n) is 3.60. The molecule has 7 heteroatoms. The lowest BCUT2D eigenvalue weighted by molar-refractivity contribution is -0.305. The molecule has 0 saturated carbocycles. The smallest absolute Gasteiger partial charge is 0.211 e. The molecule has 0 spiro atoms. The number of hydrazine groups is 1. The second kappa shape index (κ2) is 4.25. The van der Waals surface area contributed by atoms with Crippen LogP contribution in [0, 0.1) is 5.41 Å². The van der Waals surface area contributed by atoms with Gasteiger partial charge in [0, 0.05) is 10.4 Å². The first-order valence-corrected chi connectivity index (χ1v) is 3.97. The Morgan fingerprint density at radius 1 is 1.29 bits per heavy atom. The molecule has 0 amide bonds. The number of hydrogen-bond acceptors (Lipinski definition) is 4. The van der Waals surface area contributed by atoms with Crippen LogP contribution in [0.3, 0.4) is 0 Å². The molecular weight excluding hydrogens is 208 g/mol. The van der Waals surface area contributed by atoms with E-state index in [1.54, 1.807) is 0 Å². The molecule has 0 unspecified atom stereocenters. The van der Waals surface area contributed by atoms with Gasteiger partial charge in [0.05, 0.1) is 5.69 Å². The maximum atomic E-state index is 8.77. The highest BCUT2D eigenvalue weighted by Crippen LogP contribution is 2.17. The zero-order chi connectivity index (χ0) is 10.7. The Balaban J connectivity index is 3.00. The van der Waals surface area contributed by atoms with Gasteiger partial charge in [-0.3, -0.25) is 15.8 Å². The van der Waals surface area contributed by atoms with Crippen LogP contribution >= 0.6 is 11.6 Å². The first kappa shape index (κ1) is 10.7. The monoisotopic (exact) mass is 216 g/mol. The van der Waals surface area contributed by atoms with Crippen molar-refractivity contribution in [2.24, 2.45) is 5.73 Å². The van der Waals surface area contributed by atoms with Crippen molar-refractivity contribution in [1.82, 2.24) is 5.34 Å². The van der Waals surface area contributed by atoms with Gasteiger partial charge in [-0.1, -0.05) is 11.6 Å². The lowest BCUT2D eigenvalue weighted by atomic mass is 10.3. The Hall–Kier alpha value is -1.34. The fourth-order valence-electron chi connectivity index (χ4n) is 0.921. The summed E-state index contributed by atoms with van der Waals surface area (Å²) in [5, 5.41) is 25.5. The summed E-state index contributed by atoms with van der Waals surface area (Å²) in [4.78, 5) is 0. The lowest BCUT2D eigenvalue weighted by Crippen LogP contribution is -2.46. The highest BCUT2D eigenvalue weighted by molar-refractivity contribution is 6.30. The van der Waals surface area contributed by atoms with Gasteiger partial charge in [0.15, 0.2) is 0 Å². The summed E-state index contributed by atoms with van der Waals surface area (Å²) in [5.41, 5.74) is 5.43. The standard InChI is InChI=1S/C7H9ClN4O2/c8-5-1-3-6(4-2-5)11(7(9)10)12(13)14/h1-4,13-14H,(H3,9,10). The van der Waals surface area contributed by atoms with Gasteiger partial charge in [-0.15, -0.1) is 0 Å². The second-order valence-corrected chi connectivity index (χ2v) is 2.88. The maximum Gasteiger partial charge on any atom is 0.211 e. The van der Waals surface area contributed by atoms with Gasteiger partial charge in [-0.25, -0.2) is 0 Å². The van der Waals surface area contributed by atoms with E-state index < -0.39 is 5.96 Å². The number of benzene rings is 1. The summed E-state index contributed by atoms with van der Waals surface area (Å²) in [6, 6.07) is 6.05. The Bertz CT molecular complexity index is 327. The molecule has 0 atom stereocenters. The number of halogens is 1. The van der Waals surface area contributed by atoms with Crippen LogP contribution in [-0.2, 0) is 0 Å². The molecule has 0 aromatic heterocycles. The predicted molar refractivity (Wildman–Crippen MR) is 51.3 cm³/mol. The topological polar surface area (TPSA) is 96.8 Å². The predicted octanol–water partition coefficient (Wildman–Crippen LogP) is 1.04. The van der Waals surface area contributed by atoms with E-state index in [1.165, 1.54) is 24.3 Å². The molecule has 6 nitrogen and oxygen atoms in total. The maximum absolute atomic E-state index is 8.77. The van der Waals surface area contributed by atoms with E-state index in [4.69, 9.17) is 33.2 Å². The van der Waals surface area contributed by atoms with Crippen molar-refractivity contribution in [3.63, 3.8) is 0 Å². The molecular formula is C7H9ClN4O2. The lowest BCUT2D eigenvalue weighted by Gasteiger charge is -2.24. The van der Waals surface area contributed by atoms with Gasteiger partial charge < -0.3 is 5.73 Å². The largest absolute Gasteiger partial charge is 0.368 e. The molecule has 0 heterocycles. The first-order chi connectivity index (χ1) is 6.52. The minimum absolute atomic E-state index is 0.272. The molecule has 0 fully saturated rings. The van der Waals surface area contributed by atoms with Crippen LogP contribution < -0.4 is 10.7 Å². The van der Waals surface area contributed by atoms with Gasteiger partial charge in [0.2, 0.25) is 5.96 Å². The number of nitrogens with one attached hydrogen (secondary N) is 1. The Morgan fingerprint density at radius 3 is 2.14 bits per heavy atom. The van der Waals surface area contributed by atoms with Crippen molar-refractivity contribution in [1.29, 1.82) is 5.41 Å². The quantitative estimate of drug-likeness (QED) is 0.336. The van der Waals surface area contributed by atoms with Crippen molar-refractivity contribution in [2.45, 2.75) is 0 Å². The van der Waals surface area contributed by atoms with Crippen LogP contribution in [0.2, 0.25) is 5.02 Å². The third-order valence-corrected chi connectivity index (χ3v) is 1.73. The van der Waals surface area contributed by atoms with E-state index in [0.29, 0.717) is 15.7 Å². The van der Waals surface area contributed by atoms with Gasteiger partial charge in [0.1, 0.15) is 0 Å². The number of rotatable bonds is 2. The summed E-state index contributed by atoms with van der Waals surface area (Å²) in [7, 11) is 0. The zero-order valence-corrected chi connectivity index (χ0v) is 7.81. The van der Waals surface area contributed by atoms with Gasteiger partial charge in [-0.05, 0) is 24.3 Å². The van der Waals surface area contributed by atoms with Gasteiger partial charge in [-0.2, -0.15) is 5.01 Å². The van der Waals surface area contributed by atoms with Gasteiger partial charge in [0.25, 0.3) is 0 Å². The molecule has 0 aliphatic carbocycles. The molecule has 76 valence electrons. The summed E-state index contributed by atoms with van der Waals surface area (Å²) in [6.07, 6.45) is 0. The Kier molecular flexibility index (Phi) is 3.26. The normalized spacial score (nSPS) is 10.3. The van der Waals surface area contributed by atoms with E-state index in [-0.39, 0.29) is 5.34 Å². The van der Waals surface area contributed by atoms with Crippen molar-refractivity contribution in [3.05, 3.63) is 29.3 Å². The molecule has 1 aromatic rings. The third-order valence-electron chi connectivity index (χ3n) is 1.48. The number of guanidine groups is 1. The van der Waals surface area contributed by atoms with Crippen LogP contribution in [0.25, 0.3) is 0 Å². The molecule has 0 aliphatic rings. The third kappa shape index (κ3) is 2.33. The van der Waals surface area contributed by atoms with E-state index >= 15 is 0 Å². The molecule has 0 radical (unpaired) electrons. The Labute approximate surface area is 85.1 Å². The molecule has 0 bridgehead atoms. The molecule has 14 heavy (non-hydrogen) atoms. The minimum atomic E-state index is -0.530. The molecule has 1 aromatic carbocycles. The fraction of sp³-hybridized carbons (Fsp3) is 0. The molecule has 0 aliphatic heterocycles. The van der Waals surface area contributed by atoms with E-state index in [9.17, 15) is 0 Å². The van der Waals surface area contributed by atoms with Crippen molar-refractivity contribution in [2.75, 3.05) is 5.01 Å². The second-order valence-electron chi connectivity index (χ2n) is 2.44. The number of nitrogens with zero attached hydrogens (tertiary/aromatic N) is 2. The molecule has 0 saturated heterocycles. The highest BCUT2D eigenvalue weighted by Gasteiger charge is 2.14. The van der Waals surface area contributed by atoms with E-state index in [1.807, 2.05) is 0 Å². The summed E-state index contributed by atoms with van der Waals surface area (Å²) >= 11 is 5.63. The van der Waals surface area contributed by atoms with Crippen LogP contribution in [0.5, 0.6) is 0 Å². The SMILES string of the molecule is N=C(N)N(c1ccc(Cl)cc1)N(O)O. The van der Waals surface area contributed by atoms with Crippen LogP contribution in [-0.4, -0.2) is 21.7 Å². The number of nitrogens with two attached hydrogens (primary N) is 1. The number of anilines is 1. The van der Waals surface area contributed by atoms with Crippen molar-refractivity contribution < 1.29 is 10.4 Å². The van der Waals surface area contributed by atoms with E-state index in [2.05, 4.69) is 0 Å². The molecule has 1 rings (SSSR count). The number of hydrogen-bond donors (Lipinski definition) is 4. The fourth-order valence-corrected chi connectivity index (χ4v) is 1.05. The Morgan fingerprint density at radius 2 is 1.79 bits per heavy atom. The van der Waals surface area contributed by atoms with Crippen LogP contribution in [0.4, 0.5) is 5.69 Å². The average Bonchev–Trinajstić information content (AvgIpc) is 2.07. The minimum Gasteiger partial charge on any atom is -0.368 e. The zero-order valence-electron chi connectivity index (χ0n) is 7.05. The summed E-state index contributed by atoms with van der Waals surface area (Å²) in [6.45, 7) is 0. The molecule has 5 N–H and O–H groups in total. The van der Waals surface area contributed by atoms with Crippen LogP contribution in [0.15, 0.2) is 24.3 Å². The van der Waals surface area contributed by atoms with E-state index in [0.717, 1.165) is 0 Å². The average molecular weight is 217 g/mol. The van der Waals surface area contributed by atoms with Crippen LogP contribution in [0.1, 0.15) is 0 Å². The van der Waals surface area contributed by atoms with Crippen molar-refractivity contribution in [3.8, 4) is 0 Å². The van der Waals surface area contributed by atoms with Gasteiger partial charge >= 0.3 is 0 Å². The summed E-state index contributed by atoms with van der Waals surface area (Å²) < 4.78 is 0. The highest BCUT2D eigenvalue weighted by atomic mass is 35.5.